The van der Waals surface area contributed by atoms with Crippen LogP contribution in [-0.2, 0) is 10.2 Å². The summed E-state index contributed by atoms with van der Waals surface area (Å²) in [4.78, 5) is 14.0. The van der Waals surface area contributed by atoms with Gasteiger partial charge in [-0.1, -0.05) is 109 Å². The Hall–Kier alpha value is -2.76. The fraction of sp³-hybridized carbons (Fsp3) is 0.0870. The first-order valence-electron chi connectivity index (χ1n) is 8.87. The van der Waals surface area contributed by atoms with Crippen molar-refractivity contribution in [3.63, 3.8) is 0 Å². The number of fused-ring (bicyclic) bond motifs is 1. The molecule has 3 aromatic rings. The first-order chi connectivity index (χ1) is 13.7. The lowest BCUT2D eigenvalue weighted by atomic mass is 9.69. The molecule has 3 nitrogen and oxygen atoms in total. The van der Waals surface area contributed by atoms with E-state index < -0.39 is 5.41 Å². The summed E-state index contributed by atoms with van der Waals surface area (Å²) in [7, 11) is 0. The second kappa shape index (κ2) is 7.70. The maximum absolute atomic E-state index is 14.0. The van der Waals surface area contributed by atoms with E-state index in [1.54, 1.807) is 0 Å². The van der Waals surface area contributed by atoms with Gasteiger partial charge in [0.15, 0.2) is 4.32 Å². The lowest BCUT2D eigenvalue weighted by molar-refractivity contribution is -0.115. The van der Waals surface area contributed by atoms with Crippen molar-refractivity contribution in [1.82, 2.24) is 5.43 Å². The third-order valence-corrected chi connectivity index (χ3v) is 6.05. The van der Waals surface area contributed by atoms with E-state index in [2.05, 4.69) is 10.5 Å². The molecule has 1 aliphatic rings. The zero-order valence-electron chi connectivity index (χ0n) is 15.3. The number of nitrogens with zero attached hydrogens (tertiary/aromatic N) is 1. The molecule has 5 heteroatoms. The highest BCUT2D eigenvalue weighted by Crippen LogP contribution is 2.46. The minimum atomic E-state index is -0.930. The zero-order valence-corrected chi connectivity index (χ0v) is 16.9. The van der Waals surface area contributed by atoms with Gasteiger partial charge in [0.1, 0.15) is 11.1 Å². The Balaban J connectivity index is 2.02. The second-order valence-electron chi connectivity index (χ2n) is 6.42. The largest absolute Gasteiger partial charge is 0.291 e. The van der Waals surface area contributed by atoms with E-state index in [1.165, 1.54) is 11.8 Å². The summed E-state index contributed by atoms with van der Waals surface area (Å²) >= 11 is 6.59. The van der Waals surface area contributed by atoms with Gasteiger partial charge in [-0.3, -0.25) is 10.2 Å². The van der Waals surface area contributed by atoms with Crippen LogP contribution in [0.2, 0.25) is 0 Å². The van der Waals surface area contributed by atoms with Crippen molar-refractivity contribution < 1.29 is 4.79 Å². The molecule has 0 unspecified atom stereocenters. The standard InChI is InChI=1S/C23H18N2OS2/c1-28-22(27)25-24-20-18-14-8-9-15-19(18)23(21(20)26,16-10-4-2-5-11-16)17-12-6-3-7-13-17/h2-15H,1H3,(H,25,27). The summed E-state index contributed by atoms with van der Waals surface area (Å²) in [5.41, 5.74) is 5.94. The Kier molecular flexibility index (Phi) is 5.11. The fourth-order valence-electron chi connectivity index (χ4n) is 3.81. The average molecular weight is 403 g/mol. The predicted octanol–water partition coefficient (Wildman–Crippen LogP) is 4.55. The Morgan fingerprint density at radius 3 is 2.00 bits per heavy atom. The number of hydrogen-bond acceptors (Lipinski definition) is 4. The van der Waals surface area contributed by atoms with Crippen LogP contribution in [0.4, 0.5) is 0 Å². The van der Waals surface area contributed by atoms with Crippen LogP contribution in [0.15, 0.2) is 90.0 Å². The smallest absolute Gasteiger partial charge is 0.202 e. The molecular formula is C23H18N2OS2. The van der Waals surface area contributed by atoms with Crippen molar-refractivity contribution >= 4 is 39.8 Å². The number of carbonyl (C=O) groups excluding carboxylic acids is 1. The minimum Gasteiger partial charge on any atom is -0.291 e. The molecule has 0 aromatic heterocycles. The molecule has 0 aliphatic heterocycles. The van der Waals surface area contributed by atoms with Gasteiger partial charge in [0, 0.05) is 5.56 Å². The highest BCUT2D eigenvalue weighted by atomic mass is 32.2. The quantitative estimate of drug-likeness (QED) is 0.516. The van der Waals surface area contributed by atoms with Crippen molar-refractivity contribution in [2.75, 3.05) is 6.26 Å². The van der Waals surface area contributed by atoms with E-state index in [9.17, 15) is 4.79 Å². The Morgan fingerprint density at radius 1 is 0.893 bits per heavy atom. The van der Waals surface area contributed by atoms with Crippen LogP contribution in [0.1, 0.15) is 22.3 Å². The van der Waals surface area contributed by atoms with Gasteiger partial charge in [0.2, 0.25) is 5.78 Å². The summed E-state index contributed by atoms with van der Waals surface area (Å²) in [6.07, 6.45) is 1.87. The van der Waals surface area contributed by atoms with Gasteiger partial charge >= 0.3 is 0 Å². The number of ketones is 1. The van der Waals surface area contributed by atoms with Crippen LogP contribution in [0.3, 0.4) is 0 Å². The predicted molar refractivity (Wildman–Crippen MR) is 120 cm³/mol. The lowest BCUT2D eigenvalue weighted by Gasteiger charge is -2.29. The molecule has 0 saturated heterocycles. The summed E-state index contributed by atoms with van der Waals surface area (Å²) < 4.78 is 0.523. The number of hydrazone groups is 1. The molecule has 0 radical (unpaired) electrons. The molecule has 0 amide bonds. The van der Waals surface area contributed by atoms with Crippen molar-refractivity contribution in [3.05, 3.63) is 107 Å². The summed E-state index contributed by atoms with van der Waals surface area (Å²) in [5, 5.41) is 4.42. The molecule has 0 heterocycles. The molecule has 0 spiro atoms. The Morgan fingerprint density at radius 2 is 1.43 bits per heavy atom. The molecule has 4 rings (SSSR count). The van der Waals surface area contributed by atoms with E-state index in [-0.39, 0.29) is 5.78 Å². The van der Waals surface area contributed by atoms with Crippen molar-refractivity contribution in [2.45, 2.75) is 5.41 Å². The first-order valence-corrected chi connectivity index (χ1v) is 10.5. The number of hydrogen-bond donors (Lipinski definition) is 1. The van der Waals surface area contributed by atoms with Crippen LogP contribution >= 0.6 is 24.0 Å². The van der Waals surface area contributed by atoms with Gasteiger partial charge in [-0.05, 0) is 22.9 Å². The van der Waals surface area contributed by atoms with Gasteiger partial charge in [-0.2, -0.15) is 5.10 Å². The third kappa shape index (κ3) is 2.87. The summed E-state index contributed by atoms with van der Waals surface area (Å²) in [6.45, 7) is 0. The van der Waals surface area contributed by atoms with Crippen LogP contribution < -0.4 is 5.43 Å². The molecule has 138 valence electrons. The molecular weight excluding hydrogens is 384 g/mol. The fourth-order valence-corrected chi connectivity index (χ4v) is 4.00. The maximum Gasteiger partial charge on any atom is 0.202 e. The number of carbonyl (C=O) groups is 1. The molecule has 0 bridgehead atoms. The Bertz CT molecular complexity index is 1020. The monoisotopic (exact) mass is 402 g/mol. The minimum absolute atomic E-state index is 0.0532. The molecule has 1 aliphatic carbocycles. The van der Waals surface area contributed by atoms with Crippen LogP contribution in [0.25, 0.3) is 0 Å². The van der Waals surface area contributed by atoms with Crippen LogP contribution in [0.5, 0.6) is 0 Å². The van der Waals surface area contributed by atoms with Crippen molar-refractivity contribution in [2.24, 2.45) is 5.10 Å². The molecule has 28 heavy (non-hydrogen) atoms. The first kappa shape index (κ1) is 18.6. The second-order valence-corrected chi connectivity index (χ2v) is 7.90. The molecule has 0 saturated carbocycles. The van der Waals surface area contributed by atoms with Crippen molar-refractivity contribution in [3.8, 4) is 0 Å². The van der Waals surface area contributed by atoms with E-state index in [0.29, 0.717) is 10.0 Å². The number of nitrogens with one attached hydrogen (secondary N) is 1. The van der Waals surface area contributed by atoms with Gasteiger partial charge in [0.25, 0.3) is 0 Å². The SMILES string of the molecule is CSC(=S)NN=C1C(=O)C(c2ccccc2)(c2ccccc2)c2ccccc21. The highest BCUT2D eigenvalue weighted by Gasteiger charge is 2.52. The number of thiocarbonyl (C=S) groups is 1. The van der Waals surface area contributed by atoms with Gasteiger partial charge in [-0.25, -0.2) is 0 Å². The zero-order chi connectivity index (χ0) is 19.6. The highest BCUT2D eigenvalue weighted by molar-refractivity contribution is 8.22. The number of Topliss-reactive ketones (excluding diaryl/α,β-unsaturated/α-hetero) is 1. The number of thioether (sulfide) groups is 1. The van der Waals surface area contributed by atoms with E-state index >= 15 is 0 Å². The molecule has 0 atom stereocenters. The van der Waals surface area contributed by atoms with Gasteiger partial charge in [-0.15, -0.1) is 0 Å². The van der Waals surface area contributed by atoms with Crippen LogP contribution in [-0.4, -0.2) is 22.1 Å². The Labute approximate surface area is 173 Å². The van der Waals surface area contributed by atoms with Crippen molar-refractivity contribution in [1.29, 1.82) is 0 Å². The summed E-state index contributed by atoms with van der Waals surface area (Å²) in [5.74, 6) is -0.0532. The van der Waals surface area contributed by atoms with E-state index in [1.807, 2.05) is 91.2 Å². The van der Waals surface area contributed by atoms with Crippen LogP contribution in [0, 0.1) is 0 Å². The molecule has 1 N–H and O–H groups in total. The number of benzene rings is 3. The van der Waals surface area contributed by atoms with Gasteiger partial charge in [0.05, 0.1) is 0 Å². The van der Waals surface area contributed by atoms with E-state index in [4.69, 9.17) is 12.2 Å². The third-order valence-electron chi connectivity index (χ3n) is 5.00. The maximum atomic E-state index is 14.0. The topological polar surface area (TPSA) is 41.5 Å². The van der Waals surface area contributed by atoms with Gasteiger partial charge < -0.3 is 0 Å². The lowest BCUT2D eigenvalue weighted by Crippen LogP contribution is -2.37. The average Bonchev–Trinajstić information content (AvgIpc) is 3.01. The normalized spacial score (nSPS) is 16.0. The molecule has 3 aromatic carbocycles. The molecule has 0 fully saturated rings. The number of rotatable bonds is 3. The van der Waals surface area contributed by atoms with E-state index in [0.717, 1.165) is 22.3 Å². The summed E-state index contributed by atoms with van der Waals surface area (Å²) in [6, 6.07) is 27.7.